The third-order valence-corrected chi connectivity index (χ3v) is 4.81. The Morgan fingerprint density at radius 1 is 1.33 bits per heavy atom. The van der Waals surface area contributed by atoms with Crippen molar-refractivity contribution in [3.05, 3.63) is 28.2 Å². The molecule has 2 heterocycles. The van der Waals surface area contributed by atoms with Gasteiger partial charge in [-0.2, -0.15) is 10.5 Å². The van der Waals surface area contributed by atoms with E-state index in [1.165, 1.54) is 16.6 Å². The second-order valence-corrected chi connectivity index (χ2v) is 6.78. The maximum Gasteiger partial charge on any atom is 0.233 e. The van der Waals surface area contributed by atoms with Gasteiger partial charge in [0.1, 0.15) is 5.82 Å². The molecule has 0 saturated carbocycles. The first-order valence-electron chi connectivity index (χ1n) is 7.31. The molecule has 0 aliphatic carbocycles. The molecule has 2 aromatic heterocycles. The van der Waals surface area contributed by atoms with Crippen LogP contribution in [0.3, 0.4) is 0 Å². The zero-order valence-corrected chi connectivity index (χ0v) is 14.6. The second-order valence-electron chi connectivity index (χ2n) is 4.81. The number of carbonyl (C=O) groups is 1. The minimum atomic E-state index is -0.116. The van der Waals surface area contributed by atoms with Crippen molar-refractivity contribution in [3.8, 4) is 12.1 Å². The number of nitrogens with one attached hydrogen (secondary N) is 1. The monoisotopic (exact) mass is 360 g/mol. The number of rotatable bonds is 9. The summed E-state index contributed by atoms with van der Waals surface area (Å²) in [5.41, 5.74) is 0. The number of hydrogen-bond donors (Lipinski definition) is 1. The zero-order chi connectivity index (χ0) is 17.2. The molecule has 0 fully saturated rings. The Morgan fingerprint density at radius 2 is 2.08 bits per heavy atom. The van der Waals surface area contributed by atoms with Gasteiger partial charge in [-0.3, -0.25) is 9.89 Å². The van der Waals surface area contributed by atoms with Crippen LogP contribution in [0, 0.1) is 22.7 Å². The number of nitriles is 2. The number of aromatic nitrogens is 3. The molecule has 1 N–H and O–H groups in total. The highest BCUT2D eigenvalue weighted by Gasteiger charge is 2.15. The van der Waals surface area contributed by atoms with E-state index in [-0.39, 0.29) is 24.5 Å². The first-order chi connectivity index (χ1) is 11.7. The van der Waals surface area contributed by atoms with Gasteiger partial charge in [-0.05, 0) is 11.4 Å². The van der Waals surface area contributed by atoms with Crippen LogP contribution in [-0.2, 0) is 11.2 Å². The topological polar surface area (TPSA) is 109 Å². The third kappa shape index (κ3) is 5.69. The Morgan fingerprint density at radius 3 is 2.71 bits per heavy atom. The van der Waals surface area contributed by atoms with E-state index >= 15 is 0 Å². The predicted molar refractivity (Wildman–Crippen MR) is 91.3 cm³/mol. The largest absolute Gasteiger partial charge is 0.340 e. The minimum absolute atomic E-state index is 0.116. The van der Waals surface area contributed by atoms with Gasteiger partial charge in [-0.15, -0.1) is 16.4 Å². The van der Waals surface area contributed by atoms with Crippen LogP contribution in [-0.4, -0.2) is 44.8 Å². The molecule has 0 radical (unpaired) electrons. The Hall–Kier alpha value is -2.36. The summed E-state index contributed by atoms with van der Waals surface area (Å²) < 4.78 is 0. The lowest BCUT2D eigenvalue weighted by atomic mass is 10.3. The summed E-state index contributed by atoms with van der Waals surface area (Å²) in [6.07, 6.45) is 1.20. The Balaban J connectivity index is 1.84. The molecule has 0 aliphatic rings. The molecule has 0 atom stereocenters. The van der Waals surface area contributed by atoms with Crippen molar-refractivity contribution in [2.75, 3.05) is 18.8 Å². The van der Waals surface area contributed by atoms with Crippen LogP contribution in [0.15, 0.2) is 22.7 Å². The molecule has 0 unspecified atom stereocenters. The summed E-state index contributed by atoms with van der Waals surface area (Å²) >= 11 is 2.91. The van der Waals surface area contributed by atoms with E-state index in [1.54, 1.807) is 16.2 Å². The molecule has 9 heteroatoms. The Labute approximate surface area is 148 Å². The molecule has 24 heavy (non-hydrogen) atoms. The van der Waals surface area contributed by atoms with Crippen molar-refractivity contribution in [3.63, 3.8) is 0 Å². The maximum atomic E-state index is 12.2. The van der Waals surface area contributed by atoms with Crippen LogP contribution in [0.25, 0.3) is 0 Å². The molecule has 0 spiro atoms. The van der Waals surface area contributed by atoms with E-state index in [0.717, 1.165) is 5.82 Å². The van der Waals surface area contributed by atoms with Crippen molar-refractivity contribution in [1.29, 1.82) is 10.5 Å². The van der Waals surface area contributed by atoms with Crippen molar-refractivity contribution in [2.24, 2.45) is 0 Å². The smallest absolute Gasteiger partial charge is 0.233 e. The highest BCUT2D eigenvalue weighted by Crippen LogP contribution is 2.16. The number of thiophene rings is 1. The van der Waals surface area contributed by atoms with Crippen LogP contribution < -0.4 is 0 Å². The molecule has 2 aromatic rings. The highest BCUT2D eigenvalue weighted by molar-refractivity contribution is 7.99. The van der Waals surface area contributed by atoms with Gasteiger partial charge in [-0.25, -0.2) is 4.98 Å². The Bertz CT molecular complexity index is 710. The number of H-pyrrole nitrogens is 1. The van der Waals surface area contributed by atoms with Crippen LogP contribution in [0.2, 0.25) is 0 Å². The summed E-state index contributed by atoms with van der Waals surface area (Å²) in [5, 5.41) is 26.8. The number of aromatic amines is 1. The molecule has 1 amide bonds. The van der Waals surface area contributed by atoms with E-state index in [0.29, 0.717) is 24.7 Å². The van der Waals surface area contributed by atoms with Gasteiger partial charge >= 0.3 is 0 Å². The van der Waals surface area contributed by atoms with Crippen molar-refractivity contribution < 1.29 is 4.79 Å². The molecule has 0 aliphatic heterocycles. The minimum Gasteiger partial charge on any atom is -0.340 e. The highest BCUT2D eigenvalue weighted by atomic mass is 32.2. The maximum absolute atomic E-state index is 12.2. The van der Waals surface area contributed by atoms with E-state index in [2.05, 4.69) is 15.2 Å². The second kappa shape index (κ2) is 9.71. The summed E-state index contributed by atoms with van der Waals surface area (Å²) in [6.45, 7) is 0.685. The van der Waals surface area contributed by atoms with Crippen LogP contribution in [0.4, 0.5) is 0 Å². The quantitative estimate of drug-likeness (QED) is 0.687. The van der Waals surface area contributed by atoms with Gasteiger partial charge in [-0.1, -0.05) is 17.8 Å². The lowest BCUT2D eigenvalue weighted by Crippen LogP contribution is -2.34. The number of hydrogen-bond acceptors (Lipinski definition) is 7. The van der Waals surface area contributed by atoms with Gasteiger partial charge in [0.15, 0.2) is 0 Å². The molecule has 7 nitrogen and oxygen atoms in total. The van der Waals surface area contributed by atoms with E-state index in [4.69, 9.17) is 10.5 Å². The normalized spacial score (nSPS) is 10.1. The van der Waals surface area contributed by atoms with Gasteiger partial charge in [0.05, 0.1) is 30.7 Å². The van der Waals surface area contributed by atoms with E-state index in [1.807, 2.05) is 29.7 Å². The predicted octanol–water partition coefficient (Wildman–Crippen LogP) is 2.21. The summed E-state index contributed by atoms with van der Waals surface area (Å²) in [5.74, 6) is 0.834. The lowest BCUT2D eigenvalue weighted by molar-refractivity contribution is -0.128. The van der Waals surface area contributed by atoms with Crippen molar-refractivity contribution >= 4 is 29.0 Å². The van der Waals surface area contributed by atoms with Crippen molar-refractivity contribution in [1.82, 2.24) is 20.1 Å². The lowest BCUT2D eigenvalue weighted by Gasteiger charge is -2.19. The fourth-order valence-corrected chi connectivity index (χ4v) is 3.38. The van der Waals surface area contributed by atoms with Gasteiger partial charge in [0.25, 0.3) is 0 Å². The van der Waals surface area contributed by atoms with Crippen LogP contribution in [0.1, 0.15) is 23.5 Å². The molecule has 2 rings (SSSR count). The van der Waals surface area contributed by atoms with E-state index < -0.39 is 0 Å². The SMILES string of the molecule is N#CCCN(CCC#N)C(=O)CSc1n[nH]c(Cc2cccs2)n1. The molecule has 0 bridgehead atoms. The first-order valence-corrected chi connectivity index (χ1v) is 9.17. The summed E-state index contributed by atoms with van der Waals surface area (Å²) in [6, 6.07) is 8.05. The number of thioether (sulfide) groups is 1. The summed E-state index contributed by atoms with van der Waals surface area (Å²) in [4.78, 5) is 19.3. The molecule has 124 valence electrons. The van der Waals surface area contributed by atoms with Crippen LogP contribution >= 0.6 is 23.1 Å². The fourth-order valence-electron chi connectivity index (χ4n) is 1.95. The number of carbonyl (C=O) groups excluding carboxylic acids is 1. The van der Waals surface area contributed by atoms with Gasteiger partial charge in [0.2, 0.25) is 11.1 Å². The third-order valence-electron chi connectivity index (χ3n) is 3.10. The average molecular weight is 360 g/mol. The van der Waals surface area contributed by atoms with Crippen molar-refractivity contribution in [2.45, 2.75) is 24.4 Å². The molecular weight excluding hydrogens is 344 g/mol. The molecular formula is C15H16N6OS2. The van der Waals surface area contributed by atoms with Crippen LogP contribution in [0.5, 0.6) is 0 Å². The van der Waals surface area contributed by atoms with E-state index in [9.17, 15) is 4.79 Å². The number of amides is 1. The first kappa shape index (κ1) is 18.0. The van der Waals surface area contributed by atoms with Gasteiger partial charge < -0.3 is 4.90 Å². The summed E-state index contributed by atoms with van der Waals surface area (Å²) in [7, 11) is 0. The molecule has 0 aromatic carbocycles. The standard InChI is InChI=1S/C15H16N6OS2/c16-5-2-7-21(8-3-6-17)14(22)11-24-15-18-13(19-20-15)10-12-4-1-9-23-12/h1,4,9H,2-3,7-8,10-11H2,(H,18,19,20). The fraction of sp³-hybridized carbons (Fsp3) is 0.400. The Kier molecular flexibility index (Phi) is 7.27. The average Bonchev–Trinajstić information content (AvgIpc) is 3.25. The number of nitrogens with zero attached hydrogens (tertiary/aromatic N) is 5. The molecule has 0 saturated heterocycles. The zero-order valence-electron chi connectivity index (χ0n) is 12.9. The van der Waals surface area contributed by atoms with Gasteiger partial charge in [0, 0.05) is 24.4 Å².